The third kappa shape index (κ3) is 5.45. The van der Waals surface area contributed by atoms with Crippen LogP contribution in [0.5, 0.6) is 0 Å². The number of carbonyl (C=O) groups is 2. The van der Waals surface area contributed by atoms with Crippen LogP contribution in [0.25, 0.3) is 0 Å². The number of hydrogen-bond donors (Lipinski definition) is 1. The van der Waals surface area contributed by atoms with Gasteiger partial charge >= 0.3 is 6.03 Å². The summed E-state index contributed by atoms with van der Waals surface area (Å²) in [6, 6.07) is 15.4. The van der Waals surface area contributed by atoms with Gasteiger partial charge in [-0.1, -0.05) is 11.8 Å². The summed E-state index contributed by atoms with van der Waals surface area (Å²) < 4.78 is 1.02. The summed E-state index contributed by atoms with van der Waals surface area (Å²) in [7, 11) is 0. The van der Waals surface area contributed by atoms with Crippen LogP contribution in [0.1, 0.15) is 23.0 Å². The molecular weight excluding hydrogens is 428 g/mol. The van der Waals surface area contributed by atoms with E-state index in [1.54, 1.807) is 30.0 Å². The molecule has 4 rings (SSSR count). The van der Waals surface area contributed by atoms with Crippen molar-refractivity contribution in [3.05, 3.63) is 65.2 Å². The monoisotopic (exact) mass is 452 g/mol. The average molecular weight is 453 g/mol. The van der Waals surface area contributed by atoms with E-state index in [1.165, 1.54) is 0 Å². The normalized spacial score (nSPS) is 13.9. The number of nitrogens with one attached hydrogen (secondary N) is 1. The molecule has 0 bridgehead atoms. The molecule has 1 N–H and O–H groups in total. The van der Waals surface area contributed by atoms with Crippen molar-refractivity contribution < 1.29 is 9.59 Å². The molecule has 2 aromatic carbocycles. The minimum absolute atomic E-state index is 0.0675. The van der Waals surface area contributed by atoms with Gasteiger partial charge in [-0.2, -0.15) is 0 Å². The standard InChI is InChI=1S/C23H24N4O2S2/c1-16-15-30-23(24-16)31-21-9-5-19(6-10-21)25-22(29)27-13-11-26(12-14-27)20-7-3-18(4-8-20)17(2)28/h3-10,15H,11-14H2,1-2H3,(H,25,29). The van der Waals surface area contributed by atoms with Gasteiger partial charge in [0.1, 0.15) is 0 Å². The predicted molar refractivity (Wildman–Crippen MR) is 127 cm³/mol. The number of benzene rings is 2. The van der Waals surface area contributed by atoms with E-state index in [9.17, 15) is 9.59 Å². The number of Topliss-reactive ketones (excluding diaryl/α,β-unsaturated/α-hetero) is 1. The Kier molecular flexibility index (Phi) is 6.58. The number of nitrogens with zero attached hydrogens (tertiary/aromatic N) is 3. The van der Waals surface area contributed by atoms with Crippen LogP contribution in [0, 0.1) is 6.92 Å². The molecule has 1 aromatic heterocycles. The molecular formula is C23H24N4O2S2. The van der Waals surface area contributed by atoms with E-state index in [1.807, 2.05) is 65.7 Å². The fraction of sp³-hybridized carbons (Fsp3) is 0.261. The largest absolute Gasteiger partial charge is 0.368 e. The molecule has 1 aliphatic heterocycles. The van der Waals surface area contributed by atoms with Crippen molar-refractivity contribution in [2.45, 2.75) is 23.1 Å². The molecule has 2 heterocycles. The fourth-order valence-corrected chi connectivity index (χ4v) is 5.17. The SMILES string of the molecule is CC(=O)c1ccc(N2CCN(C(=O)Nc3ccc(Sc4nc(C)cs4)cc3)CC2)cc1. The summed E-state index contributed by atoms with van der Waals surface area (Å²) in [5, 5.41) is 5.03. The predicted octanol–water partition coefficient (Wildman–Crippen LogP) is 5.16. The third-order valence-corrected chi connectivity index (χ3v) is 7.18. The number of thiazole rings is 1. The Bertz CT molecular complexity index is 1060. The van der Waals surface area contributed by atoms with Crippen molar-refractivity contribution in [3.8, 4) is 0 Å². The first-order valence-electron chi connectivity index (χ1n) is 10.1. The van der Waals surface area contributed by atoms with Gasteiger partial charge in [-0.05, 0) is 62.4 Å². The Labute approximate surface area is 190 Å². The van der Waals surface area contributed by atoms with Crippen molar-refractivity contribution in [1.29, 1.82) is 0 Å². The highest BCUT2D eigenvalue weighted by Crippen LogP contribution is 2.31. The van der Waals surface area contributed by atoms with Crippen LogP contribution < -0.4 is 10.2 Å². The number of aromatic nitrogens is 1. The number of anilines is 2. The van der Waals surface area contributed by atoms with Crippen molar-refractivity contribution in [2.75, 3.05) is 36.4 Å². The van der Waals surface area contributed by atoms with Gasteiger partial charge < -0.3 is 15.1 Å². The summed E-state index contributed by atoms with van der Waals surface area (Å²) in [5.74, 6) is 0.0675. The topological polar surface area (TPSA) is 65.5 Å². The van der Waals surface area contributed by atoms with Crippen molar-refractivity contribution >= 4 is 46.3 Å². The lowest BCUT2D eigenvalue weighted by Gasteiger charge is -2.36. The second-order valence-electron chi connectivity index (χ2n) is 7.39. The zero-order chi connectivity index (χ0) is 21.8. The van der Waals surface area contributed by atoms with E-state index >= 15 is 0 Å². The molecule has 2 amide bonds. The fourth-order valence-electron chi connectivity index (χ4n) is 3.36. The maximum Gasteiger partial charge on any atom is 0.321 e. The van der Waals surface area contributed by atoms with Gasteiger partial charge in [0.05, 0.1) is 0 Å². The van der Waals surface area contributed by atoms with Crippen LogP contribution in [0.2, 0.25) is 0 Å². The van der Waals surface area contributed by atoms with Gasteiger partial charge in [0.15, 0.2) is 10.1 Å². The van der Waals surface area contributed by atoms with E-state index in [0.29, 0.717) is 18.7 Å². The van der Waals surface area contributed by atoms with Crippen molar-refractivity contribution in [1.82, 2.24) is 9.88 Å². The number of urea groups is 1. The van der Waals surface area contributed by atoms with Crippen LogP contribution in [-0.2, 0) is 0 Å². The number of piperazine rings is 1. The van der Waals surface area contributed by atoms with Crippen LogP contribution in [0.3, 0.4) is 0 Å². The lowest BCUT2D eigenvalue weighted by atomic mass is 10.1. The summed E-state index contributed by atoms with van der Waals surface area (Å²) >= 11 is 3.26. The average Bonchev–Trinajstić information content (AvgIpc) is 3.19. The highest BCUT2D eigenvalue weighted by molar-refractivity contribution is 8.01. The summed E-state index contributed by atoms with van der Waals surface area (Å²) in [6.07, 6.45) is 0. The van der Waals surface area contributed by atoms with Crippen LogP contribution in [0.15, 0.2) is 63.1 Å². The zero-order valence-electron chi connectivity index (χ0n) is 17.5. The van der Waals surface area contributed by atoms with Gasteiger partial charge in [0.25, 0.3) is 0 Å². The molecule has 160 valence electrons. The highest BCUT2D eigenvalue weighted by Gasteiger charge is 2.21. The number of hydrogen-bond acceptors (Lipinski definition) is 6. The zero-order valence-corrected chi connectivity index (χ0v) is 19.1. The molecule has 0 spiro atoms. The van der Waals surface area contributed by atoms with Crippen LogP contribution in [-0.4, -0.2) is 47.9 Å². The molecule has 3 aromatic rings. The highest BCUT2D eigenvalue weighted by atomic mass is 32.2. The van der Waals surface area contributed by atoms with Gasteiger partial charge in [0.2, 0.25) is 0 Å². The van der Waals surface area contributed by atoms with Gasteiger partial charge in [-0.3, -0.25) is 4.79 Å². The molecule has 1 fully saturated rings. The Morgan fingerprint density at radius 3 is 2.26 bits per heavy atom. The van der Waals surface area contributed by atoms with Gasteiger partial charge in [0, 0.05) is 59.1 Å². The molecule has 31 heavy (non-hydrogen) atoms. The van der Waals surface area contributed by atoms with E-state index in [-0.39, 0.29) is 11.8 Å². The molecule has 0 unspecified atom stereocenters. The second-order valence-corrected chi connectivity index (χ2v) is 9.57. The van der Waals surface area contributed by atoms with Crippen LogP contribution >= 0.6 is 23.1 Å². The Morgan fingerprint density at radius 2 is 1.68 bits per heavy atom. The van der Waals surface area contributed by atoms with E-state index in [2.05, 4.69) is 15.2 Å². The van der Waals surface area contributed by atoms with Crippen molar-refractivity contribution in [2.24, 2.45) is 0 Å². The second kappa shape index (κ2) is 9.53. The molecule has 0 saturated carbocycles. The minimum atomic E-state index is -0.0810. The molecule has 6 nitrogen and oxygen atoms in total. The molecule has 0 atom stereocenters. The lowest BCUT2D eigenvalue weighted by molar-refractivity contribution is 0.101. The Balaban J connectivity index is 1.28. The number of amides is 2. The smallest absolute Gasteiger partial charge is 0.321 e. The third-order valence-electron chi connectivity index (χ3n) is 5.11. The quantitative estimate of drug-likeness (QED) is 0.542. The Hall–Kier alpha value is -2.84. The van der Waals surface area contributed by atoms with E-state index < -0.39 is 0 Å². The summed E-state index contributed by atoms with van der Waals surface area (Å²) in [6.45, 7) is 6.38. The molecule has 1 aliphatic rings. The van der Waals surface area contributed by atoms with Gasteiger partial charge in [-0.15, -0.1) is 11.3 Å². The van der Waals surface area contributed by atoms with Crippen LogP contribution in [0.4, 0.5) is 16.2 Å². The maximum absolute atomic E-state index is 12.7. The number of rotatable bonds is 5. The number of aryl methyl sites for hydroxylation is 1. The molecule has 0 aliphatic carbocycles. The minimum Gasteiger partial charge on any atom is -0.368 e. The van der Waals surface area contributed by atoms with E-state index in [4.69, 9.17) is 0 Å². The molecule has 0 radical (unpaired) electrons. The first-order valence-corrected chi connectivity index (χ1v) is 11.8. The molecule has 1 saturated heterocycles. The Morgan fingerprint density at radius 1 is 1.00 bits per heavy atom. The summed E-state index contributed by atoms with van der Waals surface area (Å²) in [5.41, 5.74) is 3.61. The van der Waals surface area contributed by atoms with Crippen molar-refractivity contribution in [3.63, 3.8) is 0 Å². The first kappa shape index (κ1) is 21.4. The molecule has 8 heteroatoms. The number of ketones is 1. The van der Waals surface area contributed by atoms with Gasteiger partial charge in [-0.25, -0.2) is 9.78 Å². The van der Waals surface area contributed by atoms with E-state index in [0.717, 1.165) is 39.4 Å². The number of carbonyl (C=O) groups excluding carboxylic acids is 2. The maximum atomic E-state index is 12.7. The lowest BCUT2D eigenvalue weighted by Crippen LogP contribution is -2.50. The summed E-state index contributed by atoms with van der Waals surface area (Å²) in [4.78, 5) is 33.7. The first-order chi connectivity index (χ1) is 15.0.